The van der Waals surface area contributed by atoms with Crippen LogP contribution in [-0.2, 0) is 11.3 Å². The molecular weight excluding hydrogens is 250 g/mol. The van der Waals surface area contributed by atoms with Crippen molar-refractivity contribution in [3.8, 4) is 0 Å². The van der Waals surface area contributed by atoms with E-state index in [0.29, 0.717) is 0 Å². The summed E-state index contributed by atoms with van der Waals surface area (Å²) >= 11 is 6.21. The monoisotopic (exact) mass is 267 g/mol. The third-order valence-corrected chi connectivity index (χ3v) is 3.92. The van der Waals surface area contributed by atoms with Gasteiger partial charge in [-0.2, -0.15) is 0 Å². The minimum absolute atomic E-state index is 0.276. The van der Waals surface area contributed by atoms with E-state index in [0.717, 1.165) is 36.6 Å². The van der Waals surface area contributed by atoms with Crippen molar-refractivity contribution in [1.82, 2.24) is 4.90 Å². The average molecular weight is 268 g/mol. The fourth-order valence-corrected chi connectivity index (χ4v) is 2.84. The number of carboxylic acid groups (broad SMARTS) is 1. The van der Waals surface area contributed by atoms with Crippen molar-refractivity contribution < 1.29 is 9.90 Å². The molecule has 1 saturated heterocycles. The molecule has 1 N–H and O–H groups in total. The van der Waals surface area contributed by atoms with Gasteiger partial charge in [0.1, 0.15) is 0 Å². The van der Waals surface area contributed by atoms with Gasteiger partial charge in [0, 0.05) is 24.5 Å². The lowest BCUT2D eigenvalue weighted by molar-refractivity contribution is -0.138. The fraction of sp³-hybridized carbons (Fsp3) is 0.500. The van der Waals surface area contributed by atoms with Crippen LogP contribution in [0.1, 0.15) is 24.0 Å². The zero-order valence-corrected chi connectivity index (χ0v) is 11.3. The van der Waals surface area contributed by atoms with E-state index in [1.165, 1.54) is 5.56 Å². The number of carboxylic acids is 1. The highest BCUT2D eigenvalue weighted by Gasteiger charge is 2.25. The van der Waals surface area contributed by atoms with E-state index < -0.39 is 5.97 Å². The second-order valence-electron chi connectivity index (χ2n) is 5.02. The number of likely N-dealkylation sites (tertiary alicyclic amines) is 1. The molecule has 1 fully saturated rings. The number of hydrogen-bond donors (Lipinski definition) is 1. The Labute approximate surface area is 112 Å². The molecular formula is C14H18ClNO2. The summed E-state index contributed by atoms with van der Waals surface area (Å²) in [6, 6.07) is 5.93. The molecule has 1 unspecified atom stereocenters. The van der Waals surface area contributed by atoms with Gasteiger partial charge in [-0.3, -0.25) is 9.69 Å². The largest absolute Gasteiger partial charge is 0.481 e. The summed E-state index contributed by atoms with van der Waals surface area (Å²) in [5, 5.41) is 9.60. The molecule has 98 valence electrons. The SMILES string of the molecule is Cc1cccc(Cl)c1CN1CCC(CC(=O)O)C1. The van der Waals surface area contributed by atoms with Crippen LogP contribution < -0.4 is 0 Å². The Morgan fingerprint density at radius 2 is 2.33 bits per heavy atom. The van der Waals surface area contributed by atoms with Crippen molar-refractivity contribution in [2.45, 2.75) is 26.3 Å². The van der Waals surface area contributed by atoms with E-state index in [1.54, 1.807) is 0 Å². The van der Waals surface area contributed by atoms with Gasteiger partial charge in [0.15, 0.2) is 0 Å². The minimum Gasteiger partial charge on any atom is -0.481 e. The number of halogens is 1. The molecule has 1 aromatic rings. The van der Waals surface area contributed by atoms with Crippen molar-refractivity contribution in [3.63, 3.8) is 0 Å². The fourth-order valence-electron chi connectivity index (χ4n) is 2.56. The Morgan fingerprint density at radius 3 is 3.00 bits per heavy atom. The molecule has 1 heterocycles. The Hall–Kier alpha value is -1.06. The van der Waals surface area contributed by atoms with E-state index in [-0.39, 0.29) is 12.3 Å². The van der Waals surface area contributed by atoms with Crippen LogP contribution in [-0.4, -0.2) is 29.1 Å². The Bertz CT molecular complexity index is 427. The molecule has 0 aromatic heterocycles. The molecule has 18 heavy (non-hydrogen) atoms. The smallest absolute Gasteiger partial charge is 0.303 e. The van der Waals surface area contributed by atoms with Crippen molar-refractivity contribution >= 4 is 17.6 Å². The first-order valence-electron chi connectivity index (χ1n) is 6.24. The highest BCUT2D eigenvalue weighted by atomic mass is 35.5. The second-order valence-corrected chi connectivity index (χ2v) is 5.43. The predicted molar refractivity (Wildman–Crippen MR) is 71.8 cm³/mol. The van der Waals surface area contributed by atoms with Crippen molar-refractivity contribution in [2.75, 3.05) is 13.1 Å². The van der Waals surface area contributed by atoms with Gasteiger partial charge in [0.25, 0.3) is 0 Å². The van der Waals surface area contributed by atoms with E-state index in [9.17, 15) is 4.79 Å². The van der Waals surface area contributed by atoms with Gasteiger partial charge in [0.2, 0.25) is 0 Å². The summed E-state index contributed by atoms with van der Waals surface area (Å²) in [5.74, 6) is -0.416. The first kappa shape index (κ1) is 13.4. The topological polar surface area (TPSA) is 40.5 Å². The lowest BCUT2D eigenvalue weighted by Crippen LogP contribution is -2.21. The van der Waals surface area contributed by atoms with E-state index in [1.807, 2.05) is 12.1 Å². The number of carbonyl (C=O) groups is 1. The van der Waals surface area contributed by atoms with Crippen molar-refractivity contribution in [2.24, 2.45) is 5.92 Å². The molecule has 1 aliphatic rings. The van der Waals surface area contributed by atoms with Crippen LogP contribution in [0, 0.1) is 12.8 Å². The van der Waals surface area contributed by atoms with Gasteiger partial charge in [-0.25, -0.2) is 0 Å². The van der Waals surface area contributed by atoms with Gasteiger partial charge in [-0.1, -0.05) is 23.7 Å². The molecule has 0 aliphatic carbocycles. The molecule has 0 amide bonds. The summed E-state index contributed by atoms with van der Waals surface area (Å²) in [7, 11) is 0. The summed E-state index contributed by atoms with van der Waals surface area (Å²) in [6.45, 7) is 4.70. The molecule has 0 saturated carbocycles. The van der Waals surface area contributed by atoms with Crippen LogP contribution in [0.4, 0.5) is 0 Å². The standard InChI is InChI=1S/C14H18ClNO2/c1-10-3-2-4-13(15)12(10)9-16-6-5-11(8-16)7-14(17)18/h2-4,11H,5-9H2,1H3,(H,17,18). The number of rotatable bonds is 4. The Kier molecular flexibility index (Phi) is 4.25. The quantitative estimate of drug-likeness (QED) is 0.912. The van der Waals surface area contributed by atoms with Crippen LogP contribution in [0.15, 0.2) is 18.2 Å². The summed E-state index contributed by atoms with van der Waals surface area (Å²) < 4.78 is 0. The van der Waals surface area contributed by atoms with Crippen molar-refractivity contribution in [3.05, 3.63) is 34.3 Å². The predicted octanol–water partition coefficient (Wildman–Crippen LogP) is 2.95. The maximum atomic E-state index is 10.7. The number of benzene rings is 1. The van der Waals surface area contributed by atoms with Crippen LogP contribution in [0.25, 0.3) is 0 Å². The molecule has 0 spiro atoms. The molecule has 0 bridgehead atoms. The molecule has 1 aromatic carbocycles. The average Bonchev–Trinajstić information content (AvgIpc) is 2.70. The number of hydrogen-bond acceptors (Lipinski definition) is 2. The maximum absolute atomic E-state index is 10.7. The number of aryl methyl sites for hydroxylation is 1. The lowest BCUT2D eigenvalue weighted by atomic mass is 10.1. The third kappa shape index (κ3) is 3.24. The molecule has 3 nitrogen and oxygen atoms in total. The Morgan fingerprint density at radius 1 is 1.56 bits per heavy atom. The van der Waals surface area contributed by atoms with Gasteiger partial charge in [-0.05, 0) is 43.0 Å². The van der Waals surface area contributed by atoms with E-state index in [4.69, 9.17) is 16.7 Å². The maximum Gasteiger partial charge on any atom is 0.303 e. The van der Waals surface area contributed by atoms with E-state index in [2.05, 4.69) is 17.9 Å². The highest BCUT2D eigenvalue weighted by molar-refractivity contribution is 6.31. The van der Waals surface area contributed by atoms with Crippen LogP contribution in [0.3, 0.4) is 0 Å². The zero-order valence-electron chi connectivity index (χ0n) is 10.5. The second kappa shape index (κ2) is 5.72. The summed E-state index contributed by atoms with van der Waals surface area (Å²) in [5.41, 5.74) is 2.36. The molecule has 1 aliphatic heterocycles. The van der Waals surface area contributed by atoms with Gasteiger partial charge in [0.05, 0.1) is 0 Å². The summed E-state index contributed by atoms with van der Waals surface area (Å²) in [4.78, 5) is 13.0. The first-order valence-corrected chi connectivity index (χ1v) is 6.62. The molecule has 4 heteroatoms. The van der Waals surface area contributed by atoms with E-state index >= 15 is 0 Å². The van der Waals surface area contributed by atoms with Crippen LogP contribution in [0.5, 0.6) is 0 Å². The lowest BCUT2D eigenvalue weighted by Gasteiger charge is -2.18. The van der Waals surface area contributed by atoms with Gasteiger partial charge >= 0.3 is 5.97 Å². The molecule has 1 atom stereocenters. The minimum atomic E-state index is -0.698. The van der Waals surface area contributed by atoms with Crippen LogP contribution >= 0.6 is 11.6 Å². The highest BCUT2D eigenvalue weighted by Crippen LogP contribution is 2.26. The van der Waals surface area contributed by atoms with Gasteiger partial charge in [-0.15, -0.1) is 0 Å². The van der Waals surface area contributed by atoms with Gasteiger partial charge < -0.3 is 5.11 Å². The van der Waals surface area contributed by atoms with Crippen molar-refractivity contribution in [1.29, 1.82) is 0 Å². The third-order valence-electron chi connectivity index (χ3n) is 3.57. The number of nitrogens with zero attached hydrogens (tertiary/aromatic N) is 1. The number of aliphatic carboxylic acids is 1. The normalized spacial score (nSPS) is 20.2. The Balaban J connectivity index is 1.97. The summed E-state index contributed by atoms with van der Waals surface area (Å²) in [6.07, 6.45) is 1.24. The molecule has 2 rings (SSSR count). The zero-order chi connectivity index (χ0) is 13.1. The first-order chi connectivity index (χ1) is 8.56. The molecule has 0 radical (unpaired) electrons. The van der Waals surface area contributed by atoms with Crippen LogP contribution in [0.2, 0.25) is 5.02 Å².